The molecule has 0 bridgehead atoms. The molecule has 88 valence electrons. The van der Waals surface area contributed by atoms with E-state index in [0.717, 1.165) is 0 Å². The standard InChI is InChI=1S/C7H13Cl2N2O3P/c8-2-3-10-15(13)11(7(12)6-9)4-1-5-14-15/h1-6H2,(H,10,13)/t15-/m1/s1. The molecule has 1 N–H and O–H groups in total. The smallest absolute Gasteiger partial charge is 0.302 e. The van der Waals surface area contributed by atoms with E-state index in [-0.39, 0.29) is 11.8 Å². The first-order valence-corrected chi connectivity index (χ1v) is 7.21. The van der Waals surface area contributed by atoms with Gasteiger partial charge in [0.15, 0.2) is 0 Å². The second-order valence-electron chi connectivity index (χ2n) is 2.95. The van der Waals surface area contributed by atoms with Crippen LogP contribution in [-0.4, -0.2) is 42.0 Å². The minimum Gasteiger partial charge on any atom is -0.302 e. The Morgan fingerprint density at radius 2 is 2.27 bits per heavy atom. The van der Waals surface area contributed by atoms with Gasteiger partial charge in [-0.2, -0.15) is 0 Å². The summed E-state index contributed by atoms with van der Waals surface area (Å²) in [6.45, 7) is 1.10. The molecule has 0 aliphatic carbocycles. The summed E-state index contributed by atoms with van der Waals surface area (Å²) in [4.78, 5) is 11.4. The number of hydrogen-bond acceptors (Lipinski definition) is 3. The van der Waals surface area contributed by atoms with Crippen molar-refractivity contribution in [1.29, 1.82) is 0 Å². The molecule has 1 rings (SSSR count). The number of nitrogens with one attached hydrogen (secondary N) is 1. The Balaban J connectivity index is 2.72. The van der Waals surface area contributed by atoms with Gasteiger partial charge in [-0.3, -0.25) is 9.46 Å². The monoisotopic (exact) mass is 274 g/mol. The van der Waals surface area contributed by atoms with Gasteiger partial charge in [0.25, 0.3) is 0 Å². The van der Waals surface area contributed by atoms with Crippen molar-refractivity contribution in [3.63, 3.8) is 0 Å². The van der Waals surface area contributed by atoms with Crippen LogP contribution in [0, 0.1) is 0 Å². The Kier molecular flexibility index (Phi) is 5.36. The lowest BCUT2D eigenvalue weighted by Crippen LogP contribution is -2.39. The fraction of sp³-hybridized carbons (Fsp3) is 0.857. The van der Waals surface area contributed by atoms with Gasteiger partial charge in [0, 0.05) is 19.0 Å². The Labute approximate surface area is 98.6 Å². The number of carbonyl (C=O) groups is 1. The molecule has 0 radical (unpaired) electrons. The molecule has 0 aromatic heterocycles. The normalized spacial score (nSPS) is 26.7. The third-order valence-electron chi connectivity index (χ3n) is 1.91. The first-order valence-electron chi connectivity index (χ1n) is 4.56. The van der Waals surface area contributed by atoms with E-state index in [0.29, 0.717) is 32.0 Å². The van der Waals surface area contributed by atoms with E-state index in [2.05, 4.69) is 5.09 Å². The Bertz CT molecular complexity index is 277. The predicted molar refractivity (Wildman–Crippen MR) is 59.3 cm³/mol. The van der Waals surface area contributed by atoms with Crippen LogP contribution in [0.15, 0.2) is 0 Å². The molecule has 8 heteroatoms. The summed E-state index contributed by atoms with van der Waals surface area (Å²) >= 11 is 10.9. The highest BCUT2D eigenvalue weighted by Crippen LogP contribution is 2.49. The van der Waals surface area contributed by atoms with Gasteiger partial charge in [0.05, 0.1) is 6.61 Å². The maximum atomic E-state index is 12.2. The average Bonchev–Trinajstić information content (AvgIpc) is 2.26. The van der Waals surface area contributed by atoms with Gasteiger partial charge >= 0.3 is 7.67 Å². The number of rotatable bonds is 4. The van der Waals surface area contributed by atoms with Crippen molar-refractivity contribution >= 4 is 36.8 Å². The summed E-state index contributed by atoms with van der Waals surface area (Å²) in [5.41, 5.74) is 0. The third-order valence-corrected chi connectivity index (χ3v) is 4.54. The highest BCUT2D eigenvalue weighted by Gasteiger charge is 2.37. The lowest BCUT2D eigenvalue weighted by atomic mass is 10.4. The van der Waals surface area contributed by atoms with Crippen molar-refractivity contribution in [2.24, 2.45) is 0 Å². The first kappa shape index (κ1) is 13.3. The molecule has 1 aliphatic rings. The molecule has 15 heavy (non-hydrogen) atoms. The first-order chi connectivity index (χ1) is 7.14. The number of nitrogens with zero attached hydrogens (tertiary/aromatic N) is 1. The highest BCUT2D eigenvalue weighted by atomic mass is 35.5. The molecule has 1 atom stereocenters. The zero-order valence-electron chi connectivity index (χ0n) is 8.12. The summed E-state index contributed by atoms with van der Waals surface area (Å²) in [7, 11) is -3.25. The summed E-state index contributed by atoms with van der Waals surface area (Å²) in [6, 6.07) is 0. The number of hydrogen-bond donors (Lipinski definition) is 1. The molecule has 1 fully saturated rings. The fourth-order valence-corrected chi connectivity index (χ4v) is 3.65. The molecule has 0 aromatic carbocycles. The van der Waals surface area contributed by atoms with E-state index in [1.54, 1.807) is 0 Å². The van der Waals surface area contributed by atoms with Crippen molar-refractivity contribution in [1.82, 2.24) is 9.76 Å². The van der Waals surface area contributed by atoms with E-state index in [4.69, 9.17) is 27.7 Å². The zero-order valence-corrected chi connectivity index (χ0v) is 10.5. The van der Waals surface area contributed by atoms with Crippen LogP contribution in [0.4, 0.5) is 0 Å². The van der Waals surface area contributed by atoms with Crippen LogP contribution in [0.5, 0.6) is 0 Å². The highest BCUT2D eigenvalue weighted by molar-refractivity contribution is 7.55. The quantitative estimate of drug-likeness (QED) is 0.622. The van der Waals surface area contributed by atoms with Gasteiger partial charge in [-0.15, -0.1) is 23.2 Å². The van der Waals surface area contributed by atoms with Crippen molar-refractivity contribution in [3.05, 3.63) is 0 Å². The second-order valence-corrected chi connectivity index (χ2v) is 5.70. The molecule has 0 spiro atoms. The van der Waals surface area contributed by atoms with E-state index in [1.165, 1.54) is 4.67 Å². The SMILES string of the molecule is O=C(CCl)N1CCCO[P@]1(=O)NCCCl. The molecule has 1 heterocycles. The topological polar surface area (TPSA) is 58.6 Å². The van der Waals surface area contributed by atoms with Crippen molar-refractivity contribution in [3.8, 4) is 0 Å². The minimum absolute atomic E-state index is 0.199. The zero-order chi connectivity index (χ0) is 11.3. The summed E-state index contributed by atoms with van der Waals surface area (Å²) < 4.78 is 18.5. The van der Waals surface area contributed by atoms with Crippen LogP contribution in [0.2, 0.25) is 0 Å². The molecular weight excluding hydrogens is 262 g/mol. The van der Waals surface area contributed by atoms with Gasteiger partial charge in [0.2, 0.25) is 5.91 Å². The van der Waals surface area contributed by atoms with E-state index in [1.807, 2.05) is 0 Å². The molecule has 1 amide bonds. The Morgan fingerprint density at radius 1 is 1.53 bits per heavy atom. The molecular formula is C7H13Cl2N2O3P. The van der Waals surface area contributed by atoms with Gasteiger partial charge in [0.1, 0.15) is 5.88 Å². The van der Waals surface area contributed by atoms with Crippen LogP contribution < -0.4 is 5.09 Å². The molecule has 0 aromatic rings. The minimum atomic E-state index is -3.25. The number of amides is 1. The fourth-order valence-electron chi connectivity index (χ4n) is 1.26. The van der Waals surface area contributed by atoms with E-state index >= 15 is 0 Å². The van der Waals surface area contributed by atoms with E-state index < -0.39 is 7.67 Å². The molecule has 1 saturated heterocycles. The van der Waals surface area contributed by atoms with E-state index in [9.17, 15) is 9.36 Å². The van der Waals surface area contributed by atoms with Crippen LogP contribution in [0.3, 0.4) is 0 Å². The van der Waals surface area contributed by atoms with Crippen molar-refractivity contribution < 1.29 is 13.9 Å². The number of carbonyl (C=O) groups excluding carboxylic acids is 1. The van der Waals surface area contributed by atoms with Crippen LogP contribution in [-0.2, 0) is 13.9 Å². The number of halogens is 2. The van der Waals surface area contributed by atoms with Crippen molar-refractivity contribution in [2.75, 3.05) is 31.5 Å². The third kappa shape index (κ3) is 3.33. The summed E-state index contributed by atoms with van der Waals surface area (Å²) in [6.07, 6.45) is 0.662. The molecule has 5 nitrogen and oxygen atoms in total. The van der Waals surface area contributed by atoms with Crippen LogP contribution in [0.1, 0.15) is 6.42 Å². The van der Waals surface area contributed by atoms with Crippen LogP contribution >= 0.6 is 30.9 Å². The van der Waals surface area contributed by atoms with Gasteiger partial charge in [-0.1, -0.05) is 0 Å². The second kappa shape index (κ2) is 6.06. The van der Waals surface area contributed by atoms with Crippen molar-refractivity contribution in [2.45, 2.75) is 6.42 Å². The molecule has 0 saturated carbocycles. The van der Waals surface area contributed by atoms with Gasteiger partial charge in [-0.25, -0.2) is 9.65 Å². The molecule has 1 aliphatic heterocycles. The Morgan fingerprint density at radius 3 is 2.87 bits per heavy atom. The van der Waals surface area contributed by atoms with Crippen LogP contribution in [0.25, 0.3) is 0 Å². The summed E-state index contributed by atoms with van der Waals surface area (Å²) in [5, 5.41) is 2.66. The molecule has 0 unspecified atom stereocenters. The Hall–Kier alpha value is 0.200. The maximum Gasteiger partial charge on any atom is 0.370 e. The maximum absolute atomic E-state index is 12.2. The predicted octanol–water partition coefficient (Wildman–Crippen LogP) is 1.41. The number of alkyl halides is 2. The lowest BCUT2D eigenvalue weighted by Gasteiger charge is -2.34. The summed E-state index contributed by atoms with van der Waals surface area (Å²) in [5.74, 6) is -0.284. The van der Waals surface area contributed by atoms with Gasteiger partial charge in [-0.05, 0) is 6.42 Å². The van der Waals surface area contributed by atoms with Gasteiger partial charge < -0.3 is 4.52 Å². The average molecular weight is 275 g/mol. The largest absolute Gasteiger partial charge is 0.370 e. The lowest BCUT2D eigenvalue weighted by molar-refractivity contribution is -0.125.